The van der Waals surface area contributed by atoms with Crippen molar-refractivity contribution in [1.82, 2.24) is 5.32 Å². The standard InChI is InChI=1S/C8H18N2O3/c1-2-7(9)8(12)10-3-5-13-6-4-11/h7,11H,2-6,9H2,1H3,(H,10,12). The summed E-state index contributed by atoms with van der Waals surface area (Å²) < 4.78 is 4.94. The molecule has 0 spiro atoms. The largest absolute Gasteiger partial charge is 0.394 e. The zero-order valence-electron chi connectivity index (χ0n) is 7.95. The number of amides is 1. The van der Waals surface area contributed by atoms with Crippen LogP contribution in [0.3, 0.4) is 0 Å². The van der Waals surface area contributed by atoms with E-state index in [0.29, 0.717) is 26.2 Å². The second kappa shape index (κ2) is 7.97. The number of nitrogens with one attached hydrogen (secondary N) is 1. The van der Waals surface area contributed by atoms with Crippen molar-refractivity contribution in [1.29, 1.82) is 0 Å². The predicted octanol–water partition coefficient (Wildman–Crippen LogP) is -1.15. The Morgan fingerprint density at radius 2 is 2.31 bits per heavy atom. The third kappa shape index (κ3) is 6.51. The summed E-state index contributed by atoms with van der Waals surface area (Å²) in [6.45, 7) is 3.00. The zero-order valence-corrected chi connectivity index (χ0v) is 7.95. The molecule has 13 heavy (non-hydrogen) atoms. The van der Waals surface area contributed by atoms with Gasteiger partial charge in [0.1, 0.15) is 0 Å². The molecule has 0 radical (unpaired) electrons. The van der Waals surface area contributed by atoms with E-state index in [4.69, 9.17) is 15.6 Å². The average Bonchev–Trinajstić information content (AvgIpc) is 2.16. The minimum Gasteiger partial charge on any atom is -0.394 e. The molecule has 0 bridgehead atoms. The number of nitrogens with two attached hydrogens (primary N) is 1. The predicted molar refractivity (Wildman–Crippen MR) is 49.2 cm³/mol. The first-order valence-corrected chi connectivity index (χ1v) is 4.44. The molecule has 4 N–H and O–H groups in total. The minimum atomic E-state index is -0.433. The van der Waals surface area contributed by atoms with Gasteiger partial charge in [-0.1, -0.05) is 6.92 Å². The molecule has 0 aromatic heterocycles. The Hall–Kier alpha value is -0.650. The first kappa shape index (κ1) is 12.3. The lowest BCUT2D eigenvalue weighted by molar-refractivity contribution is -0.122. The fourth-order valence-corrected chi connectivity index (χ4v) is 0.730. The number of hydrogen-bond donors (Lipinski definition) is 3. The van der Waals surface area contributed by atoms with Gasteiger partial charge in [0.2, 0.25) is 5.91 Å². The van der Waals surface area contributed by atoms with E-state index in [1.54, 1.807) is 0 Å². The molecule has 0 aliphatic carbocycles. The van der Waals surface area contributed by atoms with Gasteiger partial charge in [0, 0.05) is 6.54 Å². The Morgan fingerprint density at radius 1 is 1.62 bits per heavy atom. The average molecular weight is 190 g/mol. The monoisotopic (exact) mass is 190 g/mol. The van der Waals surface area contributed by atoms with Crippen LogP contribution in [0.2, 0.25) is 0 Å². The summed E-state index contributed by atoms with van der Waals surface area (Å²) in [6.07, 6.45) is 0.628. The molecule has 1 unspecified atom stereocenters. The second-order valence-corrected chi connectivity index (χ2v) is 2.64. The lowest BCUT2D eigenvalue weighted by atomic mass is 10.2. The summed E-state index contributed by atoms with van der Waals surface area (Å²) in [4.78, 5) is 11.1. The van der Waals surface area contributed by atoms with Crippen LogP contribution in [0.4, 0.5) is 0 Å². The van der Waals surface area contributed by atoms with Crippen LogP contribution >= 0.6 is 0 Å². The maximum Gasteiger partial charge on any atom is 0.236 e. The van der Waals surface area contributed by atoms with Gasteiger partial charge in [-0.2, -0.15) is 0 Å². The van der Waals surface area contributed by atoms with Crippen molar-refractivity contribution in [2.45, 2.75) is 19.4 Å². The maximum atomic E-state index is 11.1. The third-order valence-corrected chi connectivity index (χ3v) is 1.56. The van der Waals surface area contributed by atoms with Gasteiger partial charge in [-0.15, -0.1) is 0 Å². The summed E-state index contributed by atoms with van der Waals surface area (Å²) in [5.74, 6) is -0.157. The van der Waals surface area contributed by atoms with Crippen LogP contribution in [-0.2, 0) is 9.53 Å². The first-order valence-electron chi connectivity index (χ1n) is 4.44. The molecule has 0 aromatic carbocycles. The highest BCUT2D eigenvalue weighted by atomic mass is 16.5. The molecule has 78 valence electrons. The van der Waals surface area contributed by atoms with E-state index in [-0.39, 0.29) is 12.5 Å². The number of carbonyl (C=O) groups is 1. The van der Waals surface area contributed by atoms with Crippen LogP contribution in [0.25, 0.3) is 0 Å². The van der Waals surface area contributed by atoms with Gasteiger partial charge in [0.15, 0.2) is 0 Å². The van der Waals surface area contributed by atoms with Crippen molar-refractivity contribution in [3.63, 3.8) is 0 Å². The molecular weight excluding hydrogens is 172 g/mol. The molecule has 1 amide bonds. The smallest absolute Gasteiger partial charge is 0.236 e. The summed E-state index contributed by atoms with van der Waals surface area (Å²) in [7, 11) is 0. The number of aliphatic hydroxyl groups is 1. The molecule has 5 nitrogen and oxygen atoms in total. The van der Waals surface area contributed by atoms with Crippen LogP contribution in [0, 0.1) is 0 Å². The molecule has 0 aliphatic heterocycles. The molecule has 1 atom stereocenters. The van der Waals surface area contributed by atoms with Gasteiger partial charge in [-0.3, -0.25) is 4.79 Å². The Labute approximate surface area is 78.3 Å². The summed E-state index contributed by atoms with van der Waals surface area (Å²) in [5, 5.41) is 11.0. The van der Waals surface area contributed by atoms with E-state index in [0.717, 1.165) is 0 Å². The minimum absolute atomic E-state index is 0.00240. The summed E-state index contributed by atoms with van der Waals surface area (Å²) >= 11 is 0. The van der Waals surface area contributed by atoms with Gasteiger partial charge < -0.3 is 20.9 Å². The summed E-state index contributed by atoms with van der Waals surface area (Å²) in [5.41, 5.74) is 5.46. The second-order valence-electron chi connectivity index (χ2n) is 2.64. The number of aliphatic hydroxyl groups excluding tert-OH is 1. The number of rotatable bonds is 7. The Kier molecular flexibility index (Phi) is 7.57. The van der Waals surface area contributed by atoms with E-state index < -0.39 is 6.04 Å². The maximum absolute atomic E-state index is 11.1. The van der Waals surface area contributed by atoms with Crippen LogP contribution in [0.1, 0.15) is 13.3 Å². The van der Waals surface area contributed by atoms with E-state index in [9.17, 15) is 4.79 Å². The highest BCUT2D eigenvalue weighted by molar-refractivity contribution is 5.81. The van der Waals surface area contributed by atoms with Gasteiger partial charge in [-0.05, 0) is 6.42 Å². The van der Waals surface area contributed by atoms with E-state index in [1.165, 1.54) is 0 Å². The van der Waals surface area contributed by atoms with Gasteiger partial charge in [0.25, 0.3) is 0 Å². The number of carbonyl (C=O) groups excluding carboxylic acids is 1. The Bertz CT molecular complexity index is 141. The van der Waals surface area contributed by atoms with Crippen molar-refractivity contribution in [3.05, 3.63) is 0 Å². The molecule has 0 saturated carbocycles. The number of ether oxygens (including phenoxy) is 1. The van der Waals surface area contributed by atoms with Gasteiger partial charge in [0.05, 0.1) is 25.9 Å². The van der Waals surface area contributed by atoms with Crippen LogP contribution in [-0.4, -0.2) is 43.4 Å². The molecule has 0 aliphatic rings. The highest BCUT2D eigenvalue weighted by Gasteiger charge is 2.08. The van der Waals surface area contributed by atoms with Crippen molar-refractivity contribution in [3.8, 4) is 0 Å². The highest BCUT2D eigenvalue weighted by Crippen LogP contribution is 1.84. The van der Waals surface area contributed by atoms with Gasteiger partial charge >= 0.3 is 0 Å². The normalized spacial score (nSPS) is 12.5. The van der Waals surface area contributed by atoms with E-state index in [1.807, 2.05) is 6.92 Å². The topological polar surface area (TPSA) is 84.6 Å². The zero-order chi connectivity index (χ0) is 10.1. The molecule has 0 aromatic rings. The van der Waals surface area contributed by atoms with Crippen molar-refractivity contribution >= 4 is 5.91 Å². The van der Waals surface area contributed by atoms with Crippen molar-refractivity contribution in [2.24, 2.45) is 5.73 Å². The SMILES string of the molecule is CCC(N)C(=O)NCCOCCO. The molecule has 0 fully saturated rings. The molecule has 5 heteroatoms. The van der Waals surface area contributed by atoms with Crippen LogP contribution in [0.5, 0.6) is 0 Å². The van der Waals surface area contributed by atoms with Crippen LogP contribution in [0.15, 0.2) is 0 Å². The number of hydrogen-bond acceptors (Lipinski definition) is 4. The van der Waals surface area contributed by atoms with Crippen molar-refractivity contribution in [2.75, 3.05) is 26.4 Å². The fourth-order valence-electron chi connectivity index (χ4n) is 0.730. The molecule has 0 heterocycles. The van der Waals surface area contributed by atoms with E-state index >= 15 is 0 Å². The molecular formula is C8H18N2O3. The van der Waals surface area contributed by atoms with E-state index in [2.05, 4.69) is 5.32 Å². The molecule has 0 rings (SSSR count). The van der Waals surface area contributed by atoms with Gasteiger partial charge in [-0.25, -0.2) is 0 Å². The fraction of sp³-hybridized carbons (Fsp3) is 0.875. The Balaban J connectivity index is 3.27. The lowest BCUT2D eigenvalue weighted by Crippen LogP contribution is -2.41. The Morgan fingerprint density at radius 3 is 2.85 bits per heavy atom. The third-order valence-electron chi connectivity index (χ3n) is 1.56. The summed E-state index contributed by atoms with van der Waals surface area (Å²) in [6, 6.07) is -0.433. The van der Waals surface area contributed by atoms with Crippen molar-refractivity contribution < 1.29 is 14.6 Å². The lowest BCUT2D eigenvalue weighted by Gasteiger charge is -2.09. The first-order chi connectivity index (χ1) is 6.22. The molecule has 0 saturated heterocycles. The van der Waals surface area contributed by atoms with Crippen LogP contribution < -0.4 is 11.1 Å². The quantitative estimate of drug-likeness (QED) is 0.442.